The number of H-pyrrole nitrogens is 1. The molecule has 134 valence electrons. The van der Waals surface area contributed by atoms with Crippen LogP contribution in [0.3, 0.4) is 0 Å². The Morgan fingerprint density at radius 1 is 1.04 bits per heavy atom. The SMILES string of the molecule is CC(=O)N(CCc1cccc(C)c1)Cc1cc2ccc(C)cc2[nH]c1=O. The normalized spacial score (nSPS) is 10.9. The standard InChI is InChI=1S/C22H24N2O2/c1-15-5-4-6-18(11-15)9-10-24(17(3)25)14-20-13-19-8-7-16(2)12-21(19)23-22(20)26/h4-8,11-13H,9-10,14H2,1-3H3,(H,23,26). The predicted molar refractivity (Wildman–Crippen MR) is 105 cm³/mol. The molecule has 3 rings (SSSR count). The molecule has 4 heteroatoms. The Labute approximate surface area is 153 Å². The van der Waals surface area contributed by atoms with E-state index in [-0.39, 0.29) is 11.5 Å². The van der Waals surface area contributed by atoms with E-state index in [1.54, 1.807) is 11.8 Å². The van der Waals surface area contributed by atoms with E-state index >= 15 is 0 Å². The number of hydrogen-bond donors (Lipinski definition) is 1. The monoisotopic (exact) mass is 348 g/mol. The molecule has 1 aromatic heterocycles. The van der Waals surface area contributed by atoms with Crippen LogP contribution in [-0.2, 0) is 17.8 Å². The summed E-state index contributed by atoms with van der Waals surface area (Å²) in [4.78, 5) is 29.2. The van der Waals surface area contributed by atoms with Crippen molar-refractivity contribution in [2.24, 2.45) is 0 Å². The number of fused-ring (bicyclic) bond motifs is 1. The van der Waals surface area contributed by atoms with Gasteiger partial charge in [-0.05, 0) is 48.9 Å². The number of rotatable bonds is 5. The lowest BCUT2D eigenvalue weighted by Crippen LogP contribution is -2.32. The third-order valence-electron chi connectivity index (χ3n) is 4.64. The molecule has 4 nitrogen and oxygen atoms in total. The molecule has 3 aromatic rings. The third-order valence-corrected chi connectivity index (χ3v) is 4.64. The van der Waals surface area contributed by atoms with Crippen LogP contribution in [0.25, 0.3) is 10.9 Å². The molecule has 0 radical (unpaired) electrons. The second-order valence-electron chi connectivity index (χ2n) is 6.89. The predicted octanol–water partition coefficient (Wildman–Crippen LogP) is 3.74. The maximum Gasteiger partial charge on any atom is 0.253 e. The molecule has 0 spiro atoms. The van der Waals surface area contributed by atoms with Gasteiger partial charge in [-0.25, -0.2) is 0 Å². The van der Waals surface area contributed by atoms with Crippen molar-refractivity contribution in [2.75, 3.05) is 6.54 Å². The Bertz CT molecular complexity index is 1000. The van der Waals surface area contributed by atoms with Crippen LogP contribution in [0.4, 0.5) is 0 Å². The lowest BCUT2D eigenvalue weighted by atomic mass is 10.1. The molecule has 0 aliphatic heterocycles. The summed E-state index contributed by atoms with van der Waals surface area (Å²) in [7, 11) is 0. The van der Waals surface area contributed by atoms with Crippen molar-refractivity contribution in [1.82, 2.24) is 9.88 Å². The highest BCUT2D eigenvalue weighted by atomic mass is 16.2. The van der Waals surface area contributed by atoms with E-state index in [9.17, 15) is 9.59 Å². The molecule has 1 N–H and O–H groups in total. The average Bonchev–Trinajstić information content (AvgIpc) is 2.58. The summed E-state index contributed by atoms with van der Waals surface area (Å²) in [5, 5.41) is 0.979. The van der Waals surface area contributed by atoms with Gasteiger partial charge >= 0.3 is 0 Å². The Balaban J connectivity index is 1.80. The maximum absolute atomic E-state index is 12.4. The topological polar surface area (TPSA) is 53.2 Å². The van der Waals surface area contributed by atoms with Crippen LogP contribution in [-0.4, -0.2) is 22.3 Å². The zero-order valence-electron chi connectivity index (χ0n) is 15.5. The van der Waals surface area contributed by atoms with Gasteiger partial charge < -0.3 is 9.88 Å². The Kier molecular flexibility index (Phi) is 5.21. The van der Waals surface area contributed by atoms with Crippen molar-refractivity contribution >= 4 is 16.8 Å². The first-order chi connectivity index (χ1) is 12.4. The van der Waals surface area contributed by atoms with Gasteiger partial charge in [-0.15, -0.1) is 0 Å². The number of hydrogen-bond acceptors (Lipinski definition) is 2. The van der Waals surface area contributed by atoms with E-state index in [4.69, 9.17) is 0 Å². The number of amides is 1. The van der Waals surface area contributed by atoms with Gasteiger partial charge in [0.05, 0.1) is 6.54 Å². The van der Waals surface area contributed by atoms with E-state index in [1.807, 2.05) is 37.3 Å². The quantitative estimate of drug-likeness (QED) is 0.764. The van der Waals surface area contributed by atoms with Gasteiger partial charge in [-0.3, -0.25) is 9.59 Å². The van der Waals surface area contributed by atoms with Crippen LogP contribution in [0.15, 0.2) is 53.3 Å². The first kappa shape index (κ1) is 17.9. The lowest BCUT2D eigenvalue weighted by Gasteiger charge is -2.21. The molecule has 1 heterocycles. The summed E-state index contributed by atoms with van der Waals surface area (Å²) in [5.41, 5.74) is 4.81. The lowest BCUT2D eigenvalue weighted by molar-refractivity contribution is -0.129. The molecule has 0 aliphatic carbocycles. The third kappa shape index (κ3) is 4.20. The van der Waals surface area contributed by atoms with Gasteiger partial charge in [-0.2, -0.15) is 0 Å². The van der Waals surface area contributed by atoms with Crippen molar-refractivity contribution in [2.45, 2.75) is 33.7 Å². The van der Waals surface area contributed by atoms with Crippen molar-refractivity contribution in [1.29, 1.82) is 0 Å². The Morgan fingerprint density at radius 3 is 2.54 bits per heavy atom. The molecule has 0 unspecified atom stereocenters. The number of benzene rings is 2. The number of nitrogens with zero attached hydrogens (tertiary/aromatic N) is 1. The summed E-state index contributed by atoms with van der Waals surface area (Å²) in [5.74, 6) is -0.0268. The second-order valence-corrected chi connectivity index (χ2v) is 6.89. The number of pyridine rings is 1. The van der Waals surface area contributed by atoms with E-state index < -0.39 is 0 Å². The van der Waals surface area contributed by atoms with Crippen molar-refractivity contribution in [3.63, 3.8) is 0 Å². The average molecular weight is 348 g/mol. The number of aromatic nitrogens is 1. The van der Waals surface area contributed by atoms with Gasteiger partial charge in [0, 0.05) is 24.5 Å². The van der Waals surface area contributed by atoms with Gasteiger partial charge in [0.2, 0.25) is 5.91 Å². The minimum Gasteiger partial charge on any atom is -0.338 e. The first-order valence-electron chi connectivity index (χ1n) is 8.86. The molecule has 0 saturated carbocycles. The Morgan fingerprint density at radius 2 is 1.81 bits per heavy atom. The van der Waals surface area contributed by atoms with Crippen LogP contribution in [0.2, 0.25) is 0 Å². The zero-order valence-corrected chi connectivity index (χ0v) is 15.5. The van der Waals surface area contributed by atoms with E-state index in [2.05, 4.69) is 30.1 Å². The summed E-state index contributed by atoms with van der Waals surface area (Å²) in [6, 6.07) is 16.1. The fourth-order valence-electron chi connectivity index (χ4n) is 3.16. The highest BCUT2D eigenvalue weighted by Crippen LogP contribution is 2.14. The number of carbonyl (C=O) groups excluding carboxylic acids is 1. The molecule has 26 heavy (non-hydrogen) atoms. The van der Waals surface area contributed by atoms with Crippen LogP contribution in [0.1, 0.15) is 29.2 Å². The first-order valence-corrected chi connectivity index (χ1v) is 8.86. The maximum atomic E-state index is 12.4. The fraction of sp³-hybridized carbons (Fsp3) is 0.273. The zero-order chi connectivity index (χ0) is 18.7. The van der Waals surface area contributed by atoms with Gasteiger partial charge in [-0.1, -0.05) is 42.0 Å². The van der Waals surface area contributed by atoms with Gasteiger partial charge in [0.1, 0.15) is 0 Å². The molecular formula is C22H24N2O2. The minimum absolute atomic E-state index is 0.0268. The van der Waals surface area contributed by atoms with E-state index in [0.717, 1.165) is 22.9 Å². The summed E-state index contributed by atoms with van der Waals surface area (Å²) < 4.78 is 0. The van der Waals surface area contributed by atoms with Crippen molar-refractivity contribution in [3.8, 4) is 0 Å². The molecule has 0 bridgehead atoms. The number of aromatic amines is 1. The van der Waals surface area contributed by atoms with Gasteiger partial charge in [0.15, 0.2) is 0 Å². The minimum atomic E-state index is -0.134. The van der Waals surface area contributed by atoms with Crippen LogP contribution >= 0.6 is 0 Å². The molecule has 0 fully saturated rings. The highest BCUT2D eigenvalue weighted by Gasteiger charge is 2.13. The highest BCUT2D eigenvalue weighted by molar-refractivity contribution is 5.80. The smallest absolute Gasteiger partial charge is 0.253 e. The van der Waals surface area contributed by atoms with Crippen molar-refractivity contribution in [3.05, 3.63) is 81.1 Å². The van der Waals surface area contributed by atoms with Crippen LogP contribution in [0, 0.1) is 13.8 Å². The number of nitrogens with one attached hydrogen (secondary N) is 1. The summed E-state index contributed by atoms with van der Waals surface area (Å²) in [6.45, 7) is 6.51. The van der Waals surface area contributed by atoms with Gasteiger partial charge in [0.25, 0.3) is 5.56 Å². The second kappa shape index (κ2) is 7.56. The molecule has 0 aliphatic rings. The molecule has 1 amide bonds. The fourth-order valence-corrected chi connectivity index (χ4v) is 3.16. The largest absolute Gasteiger partial charge is 0.338 e. The number of carbonyl (C=O) groups is 1. The summed E-state index contributed by atoms with van der Waals surface area (Å²) >= 11 is 0. The molecular weight excluding hydrogens is 324 g/mol. The molecule has 0 saturated heterocycles. The van der Waals surface area contributed by atoms with Crippen LogP contribution in [0.5, 0.6) is 0 Å². The summed E-state index contributed by atoms with van der Waals surface area (Å²) in [6.07, 6.45) is 0.770. The van der Waals surface area contributed by atoms with Crippen molar-refractivity contribution < 1.29 is 4.79 Å². The van der Waals surface area contributed by atoms with E-state index in [1.165, 1.54) is 11.1 Å². The number of aryl methyl sites for hydroxylation is 2. The van der Waals surface area contributed by atoms with Crippen LogP contribution < -0.4 is 5.56 Å². The molecule has 2 aromatic carbocycles. The Hall–Kier alpha value is -2.88. The molecule has 0 atom stereocenters. The van der Waals surface area contributed by atoms with E-state index in [0.29, 0.717) is 18.7 Å².